The van der Waals surface area contributed by atoms with Gasteiger partial charge in [-0.2, -0.15) is 0 Å². The van der Waals surface area contributed by atoms with Crippen molar-refractivity contribution in [1.82, 2.24) is 4.57 Å². The average Bonchev–Trinajstić information content (AvgIpc) is 2.88. The summed E-state index contributed by atoms with van der Waals surface area (Å²) in [4.78, 5) is 11.4. The normalized spacial score (nSPS) is 10.4. The van der Waals surface area contributed by atoms with Crippen molar-refractivity contribution < 1.29 is 14.6 Å². The van der Waals surface area contributed by atoms with E-state index < -0.39 is 0 Å². The number of hydrogen-bond donors (Lipinski definition) is 1. The summed E-state index contributed by atoms with van der Waals surface area (Å²) >= 11 is 0. The van der Waals surface area contributed by atoms with Crippen molar-refractivity contribution in [2.24, 2.45) is 0 Å². The molecule has 0 aliphatic rings. The van der Waals surface area contributed by atoms with Gasteiger partial charge >= 0.3 is 5.97 Å². The molecule has 1 aromatic carbocycles. The Kier molecular flexibility index (Phi) is 4.36. The predicted molar refractivity (Wildman–Crippen MR) is 71.6 cm³/mol. The molecule has 100 valence electrons. The third-order valence-electron chi connectivity index (χ3n) is 3.11. The molecule has 0 saturated heterocycles. The first-order valence-corrected chi connectivity index (χ1v) is 6.13. The number of methoxy groups -OCH3 is 1. The van der Waals surface area contributed by atoms with Crippen molar-refractivity contribution in [2.75, 3.05) is 7.11 Å². The van der Waals surface area contributed by atoms with Crippen molar-refractivity contribution in [3.63, 3.8) is 0 Å². The lowest BCUT2D eigenvalue weighted by Gasteiger charge is -2.11. The number of aliphatic hydroxyl groups is 1. The molecule has 1 N–H and O–H groups in total. The van der Waals surface area contributed by atoms with Crippen LogP contribution >= 0.6 is 0 Å². The summed E-state index contributed by atoms with van der Waals surface area (Å²) in [6.45, 7) is 0.641. The fourth-order valence-corrected chi connectivity index (χ4v) is 2.04. The zero-order valence-corrected chi connectivity index (χ0v) is 10.9. The molecule has 19 heavy (non-hydrogen) atoms. The average molecular weight is 259 g/mol. The van der Waals surface area contributed by atoms with Crippen molar-refractivity contribution in [3.8, 4) is 0 Å². The molecule has 0 spiro atoms. The third kappa shape index (κ3) is 3.23. The Balaban J connectivity index is 2.22. The number of benzene rings is 1. The monoisotopic (exact) mass is 259 g/mol. The summed E-state index contributed by atoms with van der Waals surface area (Å²) < 4.78 is 6.67. The molecule has 2 rings (SSSR count). The van der Waals surface area contributed by atoms with Gasteiger partial charge in [-0.15, -0.1) is 0 Å². The number of esters is 1. The summed E-state index contributed by atoms with van der Waals surface area (Å²) in [6.07, 6.45) is 2.18. The van der Waals surface area contributed by atoms with Crippen LogP contribution in [-0.4, -0.2) is 22.8 Å². The van der Waals surface area contributed by atoms with E-state index >= 15 is 0 Å². The minimum Gasteiger partial charge on any atom is -0.469 e. The Hall–Kier alpha value is -2.07. The van der Waals surface area contributed by atoms with Gasteiger partial charge in [0.05, 0.1) is 20.1 Å². The van der Waals surface area contributed by atoms with Gasteiger partial charge < -0.3 is 14.4 Å². The Morgan fingerprint density at radius 2 is 1.95 bits per heavy atom. The molecule has 0 atom stereocenters. The quantitative estimate of drug-likeness (QED) is 0.832. The summed E-state index contributed by atoms with van der Waals surface area (Å²) in [5.74, 6) is -0.248. The molecule has 0 radical (unpaired) electrons. The van der Waals surface area contributed by atoms with Gasteiger partial charge in [-0.3, -0.25) is 4.79 Å². The van der Waals surface area contributed by atoms with Gasteiger partial charge in [-0.1, -0.05) is 24.3 Å². The molecular formula is C15H17NO3. The van der Waals surface area contributed by atoms with Crippen LogP contribution in [0.5, 0.6) is 0 Å². The maximum atomic E-state index is 11.4. The fraction of sp³-hybridized carbons (Fsp3) is 0.267. The van der Waals surface area contributed by atoms with Crippen molar-refractivity contribution in [1.29, 1.82) is 0 Å². The van der Waals surface area contributed by atoms with Crippen molar-refractivity contribution in [2.45, 2.75) is 19.6 Å². The molecule has 0 saturated carbocycles. The van der Waals surface area contributed by atoms with Crippen LogP contribution in [0.2, 0.25) is 0 Å². The first kappa shape index (κ1) is 13.4. The smallest absolute Gasteiger partial charge is 0.309 e. The van der Waals surface area contributed by atoms with E-state index in [2.05, 4.69) is 0 Å². The van der Waals surface area contributed by atoms with Gasteiger partial charge in [-0.05, 0) is 23.3 Å². The SMILES string of the molecule is COC(=O)Cc1ccccc1Cn1cccc1CO. The van der Waals surface area contributed by atoms with Crippen LogP contribution in [0.25, 0.3) is 0 Å². The number of aromatic nitrogens is 1. The minimum atomic E-state index is -0.248. The molecule has 0 unspecified atom stereocenters. The molecule has 2 aromatic rings. The molecule has 1 aromatic heterocycles. The van der Waals surface area contributed by atoms with E-state index in [9.17, 15) is 9.90 Å². The lowest BCUT2D eigenvalue weighted by Crippen LogP contribution is -2.10. The molecule has 0 aliphatic heterocycles. The van der Waals surface area contributed by atoms with Crippen LogP contribution in [-0.2, 0) is 29.1 Å². The molecular weight excluding hydrogens is 242 g/mol. The molecule has 0 amide bonds. The fourth-order valence-electron chi connectivity index (χ4n) is 2.04. The zero-order chi connectivity index (χ0) is 13.7. The van der Waals surface area contributed by atoms with Gasteiger partial charge in [0.2, 0.25) is 0 Å². The van der Waals surface area contributed by atoms with E-state index in [0.717, 1.165) is 16.8 Å². The van der Waals surface area contributed by atoms with E-state index in [0.29, 0.717) is 6.54 Å². The summed E-state index contributed by atoms with van der Waals surface area (Å²) in [5.41, 5.74) is 2.86. The Morgan fingerprint density at radius 3 is 2.63 bits per heavy atom. The highest BCUT2D eigenvalue weighted by atomic mass is 16.5. The Bertz CT molecular complexity index is 560. The van der Waals surface area contributed by atoms with Gasteiger partial charge in [0.15, 0.2) is 0 Å². The van der Waals surface area contributed by atoms with Gasteiger partial charge in [0.1, 0.15) is 0 Å². The maximum absolute atomic E-state index is 11.4. The van der Waals surface area contributed by atoms with Crippen LogP contribution in [0.4, 0.5) is 0 Å². The first-order chi connectivity index (χ1) is 9.24. The second-order valence-electron chi connectivity index (χ2n) is 4.31. The van der Waals surface area contributed by atoms with Gasteiger partial charge in [-0.25, -0.2) is 0 Å². The second kappa shape index (κ2) is 6.20. The lowest BCUT2D eigenvalue weighted by molar-refractivity contribution is -0.139. The number of rotatable bonds is 5. The standard InChI is InChI=1S/C15H17NO3/c1-19-15(18)9-12-5-2-3-6-13(12)10-16-8-4-7-14(16)11-17/h2-8,17H,9-11H2,1H3. The summed E-state index contributed by atoms with van der Waals surface area (Å²) in [6, 6.07) is 11.5. The molecule has 0 bridgehead atoms. The lowest BCUT2D eigenvalue weighted by atomic mass is 10.0. The zero-order valence-electron chi connectivity index (χ0n) is 10.9. The number of carbonyl (C=O) groups excluding carboxylic acids is 1. The number of aliphatic hydroxyl groups excluding tert-OH is 1. The van der Waals surface area contributed by atoms with E-state index in [1.165, 1.54) is 7.11 Å². The topological polar surface area (TPSA) is 51.5 Å². The van der Waals surface area contributed by atoms with Crippen molar-refractivity contribution in [3.05, 3.63) is 59.4 Å². The van der Waals surface area contributed by atoms with Crippen LogP contribution in [0, 0.1) is 0 Å². The predicted octanol–water partition coefficient (Wildman–Crippen LogP) is 1.74. The van der Waals surface area contributed by atoms with E-state index in [1.807, 2.05) is 47.2 Å². The minimum absolute atomic E-state index is 0.00612. The summed E-state index contributed by atoms with van der Waals surface area (Å²) in [7, 11) is 1.39. The van der Waals surface area contributed by atoms with Gasteiger partial charge in [0.25, 0.3) is 0 Å². The van der Waals surface area contributed by atoms with Crippen molar-refractivity contribution >= 4 is 5.97 Å². The number of hydrogen-bond acceptors (Lipinski definition) is 3. The Labute approximate surface area is 112 Å². The van der Waals surface area contributed by atoms with E-state index in [-0.39, 0.29) is 19.0 Å². The first-order valence-electron chi connectivity index (χ1n) is 6.13. The molecule has 4 heteroatoms. The van der Waals surface area contributed by atoms with Crippen LogP contribution in [0.1, 0.15) is 16.8 Å². The van der Waals surface area contributed by atoms with Crippen LogP contribution < -0.4 is 0 Å². The second-order valence-corrected chi connectivity index (χ2v) is 4.31. The summed E-state index contributed by atoms with van der Waals surface area (Å²) in [5, 5.41) is 9.24. The molecule has 0 fully saturated rings. The highest BCUT2D eigenvalue weighted by Gasteiger charge is 2.09. The highest BCUT2D eigenvalue weighted by molar-refractivity contribution is 5.72. The van der Waals surface area contributed by atoms with Gasteiger partial charge in [0, 0.05) is 18.4 Å². The third-order valence-corrected chi connectivity index (χ3v) is 3.11. The largest absolute Gasteiger partial charge is 0.469 e. The number of ether oxygens (including phenoxy) is 1. The van der Waals surface area contributed by atoms with Crippen LogP contribution in [0.15, 0.2) is 42.6 Å². The number of nitrogens with zero attached hydrogens (tertiary/aromatic N) is 1. The van der Waals surface area contributed by atoms with Crippen LogP contribution in [0.3, 0.4) is 0 Å². The van der Waals surface area contributed by atoms with E-state index in [1.54, 1.807) is 0 Å². The Morgan fingerprint density at radius 1 is 1.21 bits per heavy atom. The number of carbonyl (C=O) groups is 1. The maximum Gasteiger partial charge on any atom is 0.309 e. The highest BCUT2D eigenvalue weighted by Crippen LogP contribution is 2.14. The molecule has 1 heterocycles. The van der Waals surface area contributed by atoms with E-state index in [4.69, 9.17) is 4.74 Å². The molecule has 4 nitrogen and oxygen atoms in total. The molecule has 0 aliphatic carbocycles.